The van der Waals surface area contributed by atoms with Gasteiger partial charge in [0.1, 0.15) is 5.82 Å². The van der Waals surface area contributed by atoms with Crippen LogP contribution in [0.4, 0.5) is 11.8 Å². The summed E-state index contributed by atoms with van der Waals surface area (Å²) in [4.78, 5) is 13.6. The Hall–Kier alpha value is -2.17. The summed E-state index contributed by atoms with van der Waals surface area (Å²) in [5.74, 6) is 2.39. The number of hydrogen-bond donors (Lipinski definition) is 2. The van der Waals surface area contributed by atoms with Crippen LogP contribution in [0.25, 0.3) is 0 Å². The van der Waals surface area contributed by atoms with Crippen molar-refractivity contribution < 1.29 is 0 Å². The molecule has 132 valence electrons. The molecule has 0 spiro atoms. The number of aromatic nitrogens is 3. The largest absolute Gasteiger partial charge is 0.370 e. The molecule has 2 aliphatic carbocycles. The first-order valence-electron chi connectivity index (χ1n) is 9.65. The zero-order valence-corrected chi connectivity index (χ0v) is 14.7. The third-order valence-electron chi connectivity index (χ3n) is 5.15. The van der Waals surface area contributed by atoms with Crippen LogP contribution in [0.1, 0.15) is 62.1 Å². The van der Waals surface area contributed by atoms with Crippen LogP contribution < -0.4 is 10.6 Å². The fraction of sp³-hybridized carbons (Fsp3) is 0.550. The Balaban J connectivity index is 1.41. The van der Waals surface area contributed by atoms with Crippen LogP contribution in [-0.2, 0) is 6.42 Å². The van der Waals surface area contributed by atoms with E-state index in [1.165, 1.54) is 56.2 Å². The lowest BCUT2D eigenvalue weighted by atomic mass is 9.96. The third kappa shape index (κ3) is 4.68. The van der Waals surface area contributed by atoms with Crippen LogP contribution in [0, 0.1) is 0 Å². The molecule has 2 fully saturated rings. The van der Waals surface area contributed by atoms with Crippen molar-refractivity contribution in [1.82, 2.24) is 15.0 Å². The fourth-order valence-electron chi connectivity index (χ4n) is 3.52. The minimum absolute atomic E-state index is 0.535. The van der Waals surface area contributed by atoms with Gasteiger partial charge in [-0.3, -0.25) is 4.98 Å². The molecule has 0 aromatic carbocycles. The molecule has 0 unspecified atom stereocenters. The average molecular weight is 337 g/mol. The molecule has 0 bridgehead atoms. The first-order chi connectivity index (χ1) is 12.4. The predicted molar refractivity (Wildman–Crippen MR) is 101 cm³/mol. The SMILES string of the molecule is c1cc(CCNc2cc(C3CC3)nc(NC3CCCCC3)n2)ccn1. The van der Waals surface area contributed by atoms with E-state index in [4.69, 9.17) is 9.97 Å². The van der Waals surface area contributed by atoms with Gasteiger partial charge in [-0.15, -0.1) is 0 Å². The summed E-state index contributed by atoms with van der Waals surface area (Å²) in [6.07, 6.45) is 13.7. The van der Waals surface area contributed by atoms with E-state index in [0.717, 1.165) is 24.7 Å². The van der Waals surface area contributed by atoms with E-state index in [9.17, 15) is 0 Å². The highest BCUT2D eigenvalue weighted by molar-refractivity contribution is 5.44. The molecule has 2 saturated carbocycles. The van der Waals surface area contributed by atoms with Gasteiger partial charge in [0.25, 0.3) is 0 Å². The standard InChI is InChI=1S/C20H27N5/c1-2-4-17(5-3-1)23-20-24-18(16-6-7-16)14-19(25-20)22-13-10-15-8-11-21-12-9-15/h8-9,11-12,14,16-17H,1-7,10,13H2,(H2,22,23,24,25). The van der Waals surface area contributed by atoms with Crippen LogP contribution in [0.5, 0.6) is 0 Å². The van der Waals surface area contributed by atoms with Crippen molar-refractivity contribution >= 4 is 11.8 Å². The molecule has 2 aromatic rings. The molecule has 25 heavy (non-hydrogen) atoms. The highest BCUT2D eigenvalue weighted by Gasteiger charge is 2.26. The fourth-order valence-corrected chi connectivity index (χ4v) is 3.52. The average Bonchev–Trinajstić information content (AvgIpc) is 3.49. The summed E-state index contributed by atoms with van der Waals surface area (Å²) in [5, 5.41) is 7.06. The maximum atomic E-state index is 4.79. The van der Waals surface area contributed by atoms with E-state index in [-0.39, 0.29) is 0 Å². The molecular weight excluding hydrogens is 310 g/mol. The van der Waals surface area contributed by atoms with Crippen LogP contribution in [0.2, 0.25) is 0 Å². The Kier molecular flexibility index (Phi) is 5.09. The van der Waals surface area contributed by atoms with E-state index in [1.54, 1.807) is 0 Å². The van der Waals surface area contributed by atoms with Gasteiger partial charge >= 0.3 is 0 Å². The molecule has 0 radical (unpaired) electrons. The van der Waals surface area contributed by atoms with Gasteiger partial charge in [-0.25, -0.2) is 4.98 Å². The van der Waals surface area contributed by atoms with Crippen LogP contribution >= 0.6 is 0 Å². The van der Waals surface area contributed by atoms with Gasteiger partial charge in [-0.05, 0) is 49.8 Å². The lowest BCUT2D eigenvalue weighted by Crippen LogP contribution is -2.24. The van der Waals surface area contributed by atoms with Crippen LogP contribution in [-0.4, -0.2) is 27.5 Å². The Morgan fingerprint density at radius 3 is 2.52 bits per heavy atom. The van der Waals surface area contributed by atoms with E-state index >= 15 is 0 Å². The number of hydrogen-bond acceptors (Lipinski definition) is 5. The number of nitrogens with one attached hydrogen (secondary N) is 2. The summed E-state index contributed by atoms with van der Waals surface area (Å²) in [6.45, 7) is 0.869. The van der Waals surface area contributed by atoms with Gasteiger partial charge in [0.2, 0.25) is 5.95 Å². The Morgan fingerprint density at radius 2 is 1.76 bits per heavy atom. The summed E-state index contributed by atoms with van der Waals surface area (Å²) < 4.78 is 0. The van der Waals surface area contributed by atoms with Gasteiger partial charge in [-0.1, -0.05) is 19.3 Å². The molecule has 4 rings (SSSR count). The molecule has 2 heterocycles. The predicted octanol–water partition coefficient (Wildman–Crippen LogP) is 4.15. The van der Waals surface area contributed by atoms with Crippen LogP contribution in [0.3, 0.4) is 0 Å². The third-order valence-corrected chi connectivity index (χ3v) is 5.15. The van der Waals surface area contributed by atoms with Crippen molar-refractivity contribution in [2.75, 3.05) is 17.2 Å². The maximum Gasteiger partial charge on any atom is 0.225 e. The van der Waals surface area contributed by atoms with E-state index in [0.29, 0.717) is 12.0 Å². The molecule has 2 N–H and O–H groups in total. The minimum atomic E-state index is 0.535. The Morgan fingerprint density at radius 1 is 0.960 bits per heavy atom. The van der Waals surface area contributed by atoms with Gasteiger partial charge in [0.05, 0.1) is 5.69 Å². The molecule has 0 aliphatic heterocycles. The zero-order chi connectivity index (χ0) is 16.9. The second-order valence-corrected chi connectivity index (χ2v) is 7.29. The number of rotatable bonds is 7. The molecule has 0 amide bonds. The highest BCUT2D eigenvalue weighted by Crippen LogP contribution is 2.40. The normalized spacial score (nSPS) is 18.1. The van der Waals surface area contributed by atoms with Crippen molar-refractivity contribution in [1.29, 1.82) is 0 Å². The summed E-state index contributed by atoms with van der Waals surface area (Å²) in [5.41, 5.74) is 2.49. The van der Waals surface area contributed by atoms with Gasteiger partial charge in [0, 0.05) is 37.0 Å². The van der Waals surface area contributed by atoms with E-state index in [1.807, 2.05) is 12.4 Å². The maximum absolute atomic E-state index is 4.79. The van der Waals surface area contributed by atoms with E-state index in [2.05, 4.69) is 33.8 Å². The van der Waals surface area contributed by atoms with Crippen molar-refractivity contribution in [3.63, 3.8) is 0 Å². The molecule has 0 saturated heterocycles. The lowest BCUT2D eigenvalue weighted by Gasteiger charge is -2.23. The smallest absolute Gasteiger partial charge is 0.225 e. The summed E-state index contributed by atoms with van der Waals surface area (Å²) in [6, 6.07) is 6.80. The second kappa shape index (κ2) is 7.81. The number of nitrogens with zero attached hydrogens (tertiary/aromatic N) is 3. The monoisotopic (exact) mass is 337 g/mol. The molecule has 2 aromatic heterocycles. The van der Waals surface area contributed by atoms with Crippen molar-refractivity contribution in [2.45, 2.75) is 63.3 Å². The highest BCUT2D eigenvalue weighted by atomic mass is 15.2. The van der Waals surface area contributed by atoms with Crippen molar-refractivity contribution in [3.05, 3.63) is 41.9 Å². The van der Waals surface area contributed by atoms with Gasteiger partial charge in [-0.2, -0.15) is 4.98 Å². The molecule has 2 aliphatic rings. The zero-order valence-electron chi connectivity index (χ0n) is 14.7. The second-order valence-electron chi connectivity index (χ2n) is 7.29. The first-order valence-corrected chi connectivity index (χ1v) is 9.65. The number of pyridine rings is 1. The first kappa shape index (κ1) is 16.3. The Bertz CT molecular complexity index is 678. The van der Waals surface area contributed by atoms with Gasteiger partial charge < -0.3 is 10.6 Å². The lowest BCUT2D eigenvalue weighted by molar-refractivity contribution is 0.460. The minimum Gasteiger partial charge on any atom is -0.370 e. The molecule has 0 atom stereocenters. The van der Waals surface area contributed by atoms with Gasteiger partial charge in [0.15, 0.2) is 0 Å². The topological polar surface area (TPSA) is 62.7 Å². The Labute approximate surface area is 149 Å². The molecule has 5 heteroatoms. The molecule has 5 nitrogen and oxygen atoms in total. The molecular formula is C20H27N5. The summed E-state index contributed by atoms with van der Waals surface area (Å²) in [7, 11) is 0. The van der Waals surface area contributed by atoms with Crippen LogP contribution in [0.15, 0.2) is 30.6 Å². The van der Waals surface area contributed by atoms with Crippen molar-refractivity contribution in [3.8, 4) is 0 Å². The van der Waals surface area contributed by atoms with E-state index < -0.39 is 0 Å². The number of anilines is 2. The summed E-state index contributed by atoms with van der Waals surface area (Å²) >= 11 is 0. The quantitative estimate of drug-likeness (QED) is 0.795. The van der Waals surface area contributed by atoms with Crippen molar-refractivity contribution in [2.24, 2.45) is 0 Å².